The van der Waals surface area contributed by atoms with Gasteiger partial charge in [0.05, 0.1) is 0 Å². The van der Waals surface area contributed by atoms with Crippen molar-refractivity contribution < 1.29 is 4.79 Å². The van der Waals surface area contributed by atoms with Gasteiger partial charge < -0.3 is 5.73 Å². The second-order valence-electron chi connectivity index (χ2n) is 3.49. The molecule has 2 nitrogen and oxygen atoms in total. The van der Waals surface area contributed by atoms with Crippen LogP contribution >= 0.6 is 11.6 Å². The predicted molar refractivity (Wildman–Crippen MR) is 62.2 cm³/mol. The van der Waals surface area contributed by atoms with Crippen molar-refractivity contribution in [3.8, 4) is 0 Å². The summed E-state index contributed by atoms with van der Waals surface area (Å²) in [6, 6.07) is 9.25. The van der Waals surface area contributed by atoms with Gasteiger partial charge in [-0.2, -0.15) is 0 Å². The number of benzene rings is 2. The van der Waals surface area contributed by atoms with Crippen LogP contribution in [0.5, 0.6) is 0 Å². The van der Waals surface area contributed by atoms with E-state index in [1.54, 1.807) is 6.07 Å². The Bertz CT molecular complexity index is 549. The number of carbonyl (C=O) groups excluding carboxylic acids is 1. The van der Waals surface area contributed by atoms with Gasteiger partial charge >= 0.3 is 0 Å². The van der Waals surface area contributed by atoms with Gasteiger partial charge in [0.15, 0.2) is 0 Å². The Kier molecular flexibility index (Phi) is 2.37. The average molecular weight is 220 g/mol. The van der Waals surface area contributed by atoms with Gasteiger partial charge in [-0.05, 0) is 36.1 Å². The zero-order valence-electron chi connectivity index (χ0n) is 8.25. The van der Waals surface area contributed by atoms with Gasteiger partial charge in [-0.1, -0.05) is 23.7 Å². The topological polar surface area (TPSA) is 43.1 Å². The summed E-state index contributed by atoms with van der Waals surface area (Å²) < 4.78 is 0. The molecule has 2 N–H and O–H groups in total. The molecule has 0 saturated heterocycles. The number of primary amides is 1. The molecular weight excluding hydrogens is 210 g/mol. The number of carbonyl (C=O) groups is 1. The monoisotopic (exact) mass is 219 g/mol. The van der Waals surface area contributed by atoms with Crippen molar-refractivity contribution in [1.82, 2.24) is 0 Å². The highest BCUT2D eigenvalue weighted by Gasteiger charge is 2.07. The Morgan fingerprint density at radius 2 is 2.07 bits per heavy atom. The average Bonchev–Trinajstić information content (AvgIpc) is 2.18. The van der Waals surface area contributed by atoms with Gasteiger partial charge in [0.1, 0.15) is 0 Å². The molecule has 0 unspecified atom stereocenters. The van der Waals surface area contributed by atoms with Crippen molar-refractivity contribution in [2.45, 2.75) is 6.92 Å². The zero-order valence-corrected chi connectivity index (χ0v) is 9.01. The predicted octanol–water partition coefficient (Wildman–Crippen LogP) is 2.90. The summed E-state index contributed by atoms with van der Waals surface area (Å²) in [5.41, 5.74) is 6.67. The fraction of sp³-hybridized carbons (Fsp3) is 0.0833. The molecule has 0 aliphatic rings. The van der Waals surface area contributed by atoms with Gasteiger partial charge in [-0.25, -0.2) is 0 Å². The van der Waals surface area contributed by atoms with Crippen LogP contribution in [0.1, 0.15) is 15.9 Å². The van der Waals surface area contributed by atoms with Crippen molar-refractivity contribution in [2.75, 3.05) is 0 Å². The fourth-order valence-electron chi connectivity index (χ4n) is 1.66. The minimum Gasteiger partial charge on any atom is -0.366 e. The standard InChI is InChI=1S/C12H10ClNO/c1-7-5-10-8(3-2-4-11(10)13)6-9(7)12(14)15/h2-6H,1H3,(H2,14,15). The van der Waals surface area contributed by atoms with Crippen LogP contribution in [0.25, 0.3) is 10.8 Å². The number of aryl methyl sites for hydroxylation is 1. The summed E-state index contributed by atoms with van der Waals surface area (Å²) in [7, 11) is 0. The molecule has 2 aromatic carbocycles. The summed E-state index contributed by atoms with van der Waals surface area (Å²) >= 11 is 6.04. The van der Waals surface area contributed by atoms with Crippen molar-refractivity contribution in [1.29, 1.82) is 0 Å². The molecule has 0 aliphatic carbocycles. The van der Waals surface area contributed by atoms with Crippen LogP contribution < -0.4 is 5.73 Å². The molecule has 3 heteroatoms. The molecule has 1 amide bonds. The molecule has 0 radical (unpaired) electrons. The molecule has 0 saturated carbocycles. The van der Waals surface area contributed by atoms with Crippen molar-refractivity contribution >= 4 is 28.3 Å². The number of fused-ring (bicyclic) bond motifs is 1. The number of nitrogens with two attached hydrogens (primary N) is 1. The molecule has 0 spiro atoms. The first kappa shape index (κ1) is 9.99. The van der Waals surface area contributed by atoms with Crippen LogP contribution in [0.4, 0.5) is 0 Å². The van der Waals surface area contributed by atoms with Crippen LogP contribution in [-0.2, 0) is 0 Å². The Balaban J connectivity index is 2.82. The number of hydrogen-bond donors (Lipinski definition) is 1. The van der Waals surface area contributed by atoms with E-state index in [0.717, 1.165) is 16.3 Å². The first-order chi connectivity index (χ1) is 7.09. The molecular formula is C12H10ClNO. The van der Waals surface area contributed by atoms with E-state index in [2.05, 4.69) is 0 Å². The molecule has 2 rings (SSSR count). The molecule has 2 aromatic rings. The van der Waals surface area contributed by atoms with Crippen molar-refractivity contribution in [3.05, 3.63) is 46.5 Å². The Morgan fingerprint density at radius 1 is 1.33 bits per heavy atom. The van der Waals surface area contributed by atoms with Crippen LogP contribution in [0.3, 0.4) is 0 Å². The van der Waals surface area contributed by atoms with Crippen LogP contribution in [0, 0.1) is 6.92 Å². The van der Waals surface area contributed by atoms with Crippen molar-refractivity contribution in [2.24, 2.45) is 5.73 Å². The minimum absolute atomic E-state index is 0.408. The normalized spacial score (nSPS) is 10.5. The van der Waals surface area contributed by atoms with Gasteiger partial charge in [0.25, 0.3) is 0 Å². The zero-order chi connectivity index (χ0) is 11.0. The van der Waals surface area contributed by atoms with E-state index in [9.17, 15) is 4.79 Å². The lowest BCUT2D eigenvalue weighted by Gasteiger charge is -2.06. The molecule has 0 fully saturated rings. The summed E-state index contributed by atoms with van der Waals surface area (Å²) in [5.74, 6) is -0.408. The quantitative estimate of drug-likeness (QED) is 0.788. The number of rotatable bonds is 1. The summed E-state index contributed by atoms with van der Waals surface area (Å²) in [6.45, 7) is 1.85. The largest absolute Gasteiger partial charge is 0.366 e. The van der Waals surface area contributed by atoms with Crippen molar-refractivity contribution in [3.63, 3.8) is 0 Å². The van der Waals surface area contributed by atoms with E-state index in [1.807, 2.05) is 31.2 Å². The first-order valence-corrected chi connectivity index (χ1v) is 4.96. The third kappa shape index (κ3) is 1.68. The maximum Gasteiger partial charge on any atom is 0.248 e. The van der Waals surface area contributed by atoms with E-state index in [-0.39, 0.29) is 0 Å². The van der Waals surface area contributed by atoms with Gasteiger partial charge in [-0.3, -0.25) is 4.79 Å². The van der Waals surface area contributed by atoms with Gasteiger partial charge in [0, 0.05) is 16.0 Å². The maximum absolute atomic E-state index is 11.1. The van der Waals surface area contributed by atoms with E-state index < -0.39 is 5.91 Å². The molecule has 76 valence electrons. The van der Waals surface area contributed by atoms with Gasteiger partial charge in [-0.15, -0.1) is 0 Å². The Morgan fingerprint density at radius 3 is 2.73 bits per heavy atom. The Hall–Kier alpha value is -1.54. The Labute approximate surface area is 92.6 Å². The lowest BCUT2D eigenvalue weighted by Crippen LogP contribution is -2.12. The fourth-order valence-corrected chi connectivity index (χ4v) is 1.90. The first-order valence-electron chi connectivity index (χ1n) is 4.58. The molecule has 0 heterocycles. The third-order valence-electron chi connectivity index (χ3n) is 2.44. The number of hydrogen-bond acceptors (Lipinski definition) is 1. The summed E-state index contributed by atoms with van der Waals surface area (Å²) in [6.07, 6.45) is 0. The van der Waals surface area contributed by atoms with E-state index in [4.69, 9.17) is 17.3 Å². The highest BCUT2D eigenvalue weighted by atomic mass is 35.5. The smallest absolute Gasteiger partial charge is 0.248 e. The minimum atomic E-state index is -0.408. The lowest BCUT2D eigenvalue weighted by atomic mass is 10.0. The molecule has 0 atom stereocenters. The third-order valence-corrected chi connectivity index (χ3v) is 2.77. The molecule has 15 heavy (non-hydrogen) atoms. The van der Waals surface area contributed by atoms with E-state index in [0.29, 0.717) is 10.6 Å². The lowest BCUT2D eigenvalue weighted by molar-refractivity contribution is 0.1000. The number of amides is 1. The van der Waals surface area contributed by atoms with Crippen LogP contribution in [0.15, 0.2) is 30.3 Å². The van der Waals surface area contributed by atoms with Crippen LogP contribution in [-0.4, -0.2) is 5.91 Å². The summed E-state index contributed by atoms with van der Waals surface area (Å²) in [4.78, 5) is 11.1. The van der Waals surface area contributed by atoms with E-state index in [1.165, 1.54) is 0 Å². The van der Waals surface area contributed by atoms with Crippen LogP contribution in [0.2, 0.25) is 5.02 Å². The highest BCUT2D eigenvalue weighted by Crippen LogP contribution is 2.26. The number of halogens is 1. The van der Waals surface area contributed by atoms with E-state index >= 15 is 0 Å². The second kappa shape index (κ2) is 3.55. The molecule has 0 bridgehead atoms. The molecule has 0 aromatic heterocycles. The molecule has 0 aliphatic heterocycles. The van der Waals surface area contributed by atoms with Gasteiger partial charge in [0.2, 0.25) is 5.91 Å². The highest BCUT2D eigenvalue weighted by molar-refractivity contribution is 6.35. The second-order valence-corrected chi connectivity index (χ2v) is 3.90. The maximum atomic E-state index is 11.1. The summed E-state index contributed by atoms with van der Waals surface area (Å²) in [5, 5.41) is 2.56. The SMILES string of the molecule is Cc1cc2c(Cl)cccc2cc1C(N)=O.